The highest BCUT2D eigenvalue weighted by Gasteiger charge is 2.21. The molecule has 1 amide bonds. The van der Waals surface area contributed by atoms with E-state index in [1.165, 1.54) is 0 Å². The van der Waals surface area contributed by atoms with Gasteiger partial charge < -0.3 is 14.8 Å². The molecule has 0 bridgehead atoms. The van der Waals surface area contributed by atoms with Crippen LogP contribution in [-0.4, -0.2) is 28.0 Å². The number of benzene rings is 1. The summed E-state index contributed by atoms with van der Waals surface area (Å²) in [6.45, 7) is 3.22. The maximum Gasteiger partial charge on any atom is 0.308 e. The Morgan fingerprint density at radius 1 is 1.29 bits per heavy atom. The molecule has 24 heavy (non-hydrogen) atoms. The minimum Gasteiger partial charge on any atom is -0.481 e. The number of aryl methyl sites for hydroxylation is 1. The van der Waals surface area contributed by atoms with E-state index in [0.717, 1.165) is 5.56 Å². The maximum absolute atomic E-state index is 11.9. The third kappa shape index (κ3) is 4.83. The predicted molar refractivity (Wildman–Crippen MR) is 89.7 cm³/mol. The number of carboxylic acid groups (broad SMARTS) is 1. The summed E-state index contributed by atoms with van der Waals surface area (Å²) in [5.74, 6) is -0.763. The highest BCUT2D eigenvalue weighted by atomic mass is 35.5. The van der Waals surface area contributed by atoms with Crippen LogP contribution in [0.1, 0.15) is 26.2 Å². The van der Waals surface area contributed by atoms with Gasteiger partial charge in [-0.25, -0.2) is 4.98 Å². The Hall–Kier alpha value is -2.34. The summed E-state index contributed by atoms with van der Waals surface area (Å²) in [6, 6.07) is 6.74. The number of rotatable bonds is 7. The Morgan fingerprint density at radius 3 is 2.58 bits per heavy atom. The van der Waals surface area contributed by atoms with Crippen LogP contribution < -0.4 is 5.32 Å². The van der Waals surface area contributed by atoms with Crippen molar-refractivity contribution in [3.63, 3.8) is 0 Å². The lowest BCUT2D eigenvalue weighted by molar-refractivity contribution is -0.142. The molecule has 0 aliphatic rings. The van der Waals surface area contributed by atoms with Gasteiger partial charge in [-0.3, -0.25) is 9.59 Å². The van der Waals surface area contributed by atoms with Gasteiger partial charge in [0.25, 0.3) is 0 Å². The first-order valence-corrected chi connectivity index (χ1v) is 7.97. The van der Waals surface area contributed by atoms with Gasteiger partial charge in [0.15, 0.2) is 11.7 Å². The van der Waals surface area contributed by atoms with E-state index in [2.05, 4.69) is 10.3 Å². The lowest BCUT2D eigenvalue weighted by Crippen LogP contribution is -2.40. The summed E-state index contributed by atoms with van der Waals surface area (Å²) >= 11 is 5.84. The van der Waals surface area contributed by atoms with Gasteiger partial charge in [-0.05, 0) is 38.1 Å². The van der Waals surface area contributed by atoms with Crippen molar-refractivity contribution >= 4 is 23.5 Å². The summed E-state index contributed by atoms with van der Waals surface area (Å²) < 4.78 is 5.62. The van der Waals surface area contributed by atoms with Crippen LogP contribution in [0.25, 0.3) is 11.3 Å². The lowest BCUT2D eigenvalue weighted by atomic mass is 10.0. The van der Waals surface area contributed by atoms with Crippen molar-refractivity contribution in [2.75, 3.05) is 0 Å². The number of aliphatic carboxylic acids is 1. The van der Waals surface area contributed by atoms with Crippen LogP contribution in [0.3, 0.4) is 0 Å². The normalized spacial score (nSPS) is 13.3. The predicted octanol–water partition coefficient (Wildman–Crippen LogP) is 3.15. The van der Waals surface area contributed by atoms with Crippen molar-refractivity contribution in [3.05, 3.63) is 41.4 Å². The van der Waals surface area contributed by atoms with Crippen molar-refractivity contribution in [3.8, 4) is 11.3 Å². The zero-order valence-electron chi connectivity index (χ0n) is 13.5. The average Bonchev–Trinajstić information content (AvgIpc) is 3.01. The summed E-state index contributed by atoms with van der Waals surface area (Å²) in [5.41, 5.74) is 0.853. The molecule has 1 heterocycles. The number of nitrogens with zero attached hydrogens (tertiary/aromatic N) is 1. The molecule has 0 fully saturated rings. The number of nitrogens with one attached hydrogen (secondary N) is 1. The van der Waals surface area contributed by atoms with Crippen LogP contribution >= 0.6 is 11.6 Å². The minimum absolute atomic E-state index is 0.178. The van der Waals surface area contributed by atoms with Gasteiger partial charge in [-0.1, -0.05) is 11.6 Å². The van der Waals surface area contributed by atoms with E-state index in [9.17, 15) is 9.59 Å². The van der Waals surface area contributed by atoms with Gasteiger partial charge in [0.2, 0.25) is 5.91 Å². The minimum atomic E-state index is -0.942. The molecule has 0 radical (unpaired) electrons. The standard InChI is InChI=1S/C17H19ClN2O4/c1-10(17(22)23)11(2)20-15(21)7-8-16-19-9-14(24-16)12-3-5-13(18)6-4-12/h3-6,9-11H,7-8H2,1-2H3,(H,20,21)(H,22,23). The molecule has 0 saturated heterocycles. The summed E-state index contributed by atoms with van der Waals surface area (Å²) in [6.07, 6.45) is 2.12. The van der Waals surface area contributed by atoms with Gasteiger partial charge >= 0.3 is 5.97 Å². The molecule has 128 valence electrons. The fourth-order valence-corrected chi connectivity index (χ4v) is 2.18. The first-order valence-electron chi connectivity index (χ1n) is 7.59. The third-order valence-electron chi connectivity index (χ3n) is 3.78. The number of aromatic nitrogens is 1. The van der Waals surface area contributed by atoms with Crippen LogP contribution in [0.15, 0.2) is 34.9 Å². The average molecular weight is 351 g/mol. The second-order valence-electron chi connectivity index (χ2n) is 5.61. The number of hydrogen-bond acceptors (Lipinski definition) is 4. The molecule has 6 nitrogen and oxygen atoms in total. The quantitative estimate of drug-likeness (QED) is 0.800. The number of carbonyl (C=O) groups excluding carboxylic acids is 1. The number of halogens is 1. The van der Waals surface area contributed by atoms with E-state index >= 15 is 0 Å². The molecule has 0 saturated carbocycles. The second-order valence-corrected chi connectivity index (χ2v) is 6.04. The van der Waals surface area contributed by atoms with E-state index in [1.807, 2.05) is 12.1 Å². The van der Waals surface area contributed by atoms with Crippen LogP contribution in [-0.2, 0) is 16.0 Å². The van der Waals surface area contributed by atoms with Crippen molar-refractivity contribution in [1.29, 1.82) is 0 Å². The summed E-state index contributed by atoms with van der Waals surface area (Å²) in [4.78, 5) is 26.9. The van der Waals surface area contributed by atoms with E-state index in [1.54, 1.807) is 32.2 Å². The lowest BCUT2D eigenvalue weighted by Gasteiger charge is -2.17. The number of carboxylic acids is 1. The molecule has 2 atom stereocenters. The number of carbonyl (C=O) groups is 2. The molecule has 1 aromatic heterocycles. The Kier molecular flexibility index (Phi) is 5.98. The SMILES string of the molecule is CC(NC(=O)CCc1ncc(-c2ccc(Cl)cc2)o1)C(C)C(=O)O. The maximum atomic E-state index is 11.9. The van der Waals surface area contributed by atoms with Crippen LogP contribution in [0.2, 0.25) is 5.02 Å². The molecule has 2 N–H and O–H groups in total. The fourth-order valence-electron chi connectivity index (χ4n) is 2.06. The van der Waals surface area contributed by atoms with E-state index < -0.39 is 17.9 Å². The topological polar surface area (TPSA) is 92.4 Å². The highest BCUT2D eigenvalue weighted by molar-refractivity contribution is 6.30. The van der Waals surface area contributed by atoms with Crippen molar-refractivity contribution in [2.45, 2.75) is 32.7 Å². The second kappa shape index (κ2) is 7.97. The molecule has 2 unspecified atom stereocenters. The highest BCUT2D eigenvalue weighted by Crippen LogP contribution is 2.22. The zero-order valence-corrected chi connectivity index (χ0v) is 14.2. The van der Waals surface area contributed by atoms with E-state index in [-0.39, 0.29) is 12.3 Å². The van der Waals surface area contributed by atoms with Gasteiger partial charge in [0, 0.05) is 29.5 Å². The molecular weight excluding hydrogens is 332 g/mol. The van der Waals surface area contributed by atoms with Crippen LogP contribution in [0.4, 0.5) is 0 Å². The molecule has 2 aromatic rings. The summed E-state index contributed by atoms with van der Waals surface area (Å²) in [7, 11) is 0. The van der Waals surface area contributed by atoms with Gasteiger partial charge in [0.05, 0.1) is 12.1 Å². The van der Waals surface area contributed by atoms with Crippen molar-refractivity contribution in [2.24, 2.45) is 5.92 Å². The molecule has 1 aromatic carbocycles. The van der Waals surface area contributed by atoms with Crippen molar-refractivity contribution < 1.29 is 19.1 Å². The van der Waals surface area contributed by atoms with Crippen LogP contribution in [0.5, 0.6) is 0 Å². The molecule has 2 rings (SSSR count). The smallest absolute Gasteiger partial charge is 0.308 e. The third-order valence-corrected chi connectivity index (χ3v) is 4.03. The zero-order chi connectivity index (χ0) is 17.7. The number of amides is 1. The van der Waals surface area contributed by atoms with E-state index in [0.29, 0.717) is 23.1 Å². The van der Waals surface area contributed by atoms with Gasteiger partial charge in [-0.2, -0.15) is 0 Å². The Labute approximate surface area is 144 Å². The first-order chi connectivity index (χ1) is 11.4. The molecule has 0 aliphatic heterocycles. The first kappa shape index (κ1) is 18.0. The monoisotopic (exact) mass is 350 g/mol. The fraction of sp³-hybridized carbons (Fsp3) is 0.353. The van der Waals surface area contributed by atoms with Crippen molar-refractivity contribution in [1.82, 2.24) is 10.3 Å². The Morgan fingerprint density at radius 2 is 1.96 bits per heavy atom. The molecule has 0 spiro atoms. The Bertz CT molecular complexity index is 712. The Balaban J connectivity index is 1.87. The number of hydrogen-bond donors (Lipinski definition) is 2. The summed E-state index contributed by atoms with van der Waals surface area (Å²) in [5, 5.41) is 12.2. The number of oxazole rings is 1. The molecule has 7 heteroatoms. The van der Waals surface area contributed by atoms with Crippen LogP contribution in [0, 0.1) is 5.92 Å². The van der Waals surface area contributed by atoms with Gasteiger partial charge in [0.1, 0.15) is 0 Å². The molecular formula is C17H19ClN2O4. The van der Waals surface area contributed by atoms with Gasteiger partial charge in [-0.15, -0.1) is 0 Å². The van der Waals surface area contributed by atoms with E-state index in [4.69, 9.17) is 21.1 Å². The molecule has 0 aliphatic carbocycles. The largest absolute Gasteiger partial charge is 0.481 e.